The lowest BCUT2D eigenvalue weighted by molar-refractivity contribution is -0.123. The SMILES string of the molecule is C=CCc1ccccc1OCC(=O)N/N=C/c1c(C)cc(C)cc1C. The van der Waals surface area contributed by atoms with Crippen molar-refractivity contribution in [3.8, 4) is 5.75 Å². The molecule has 0 atom stereocenters. The Kier molecular flexibility index (Phi) is 6.52. The normalized spacial score (nSPS) is 10.7. The van der Waals surface area contributed by atoms with Crippen molar-refractivity contribution in [2.45, 2.75) is 27.2 Å². The minimum atomic E-state index is -0.299. The maximum Gasteiger partial charge on any atom is 0.277 e. The highest BCUT2D eigenvalue weighted by molar-refractivity contribution is 5.85. The van der Waals surface area contributed by atoms with Gasteiger partial charge >= 0.3 is 0 Å². The maximum atomic E-state index is 11.9. The fourth-order valence-electron chi connectivity index (χ4n) is 2.71. The van der Waals surface area contributed by atoms with Gasteiger partial charge in [0.25, 0.3) is 5.91 Å². The summed E-state index contributed by atoms with van der Waals surface area (Å²) in [6.45, 7) is 9.76. The van der Waals surface area contributed by atoms with Gasteiger partial charge in [0.05, 0.1) is 6.21 Å². The summed E-state index contributed by atoms with van der Waals surface area (Å²) >= 11 is 0. The van der Waals surface area contributed by atoms with Gasteiger partial charge in [0.1, 0.15) is 5.75 Å². The zero-order valence-corrected chi connectivity index (χ0v) is 15.0. The molecule has 0 unspecified atom stereocenters. The average molecular weight is 336 g/mol. The second-order valence-corrected chi connectivity index (χ2v) is 5.99. The summed E-state index contributed by atoms with van der Waals surface area (Å²) in [6.07, 6.45) is 4.17. The number of amides is 1. The van der Waals surface area contributed by atoms with Gasteiger partial charge in [-0.3, -0.25) is 4.79 Å². The van der Waals surface area contributed by atoms with E-state index >= 15 is 0 Å². The predicted octanol–water partition coefficient (Wildman–Crippen LogP) is 3.87. The molecule has 0 saturated heterocycles. The first-order valence-corrected chi connectivity index (χ1v) is 8.22. The number of para-hydroxylation sites is 1. The second kappa shape index (κ2) is 8.83. The number of hydrogen-bond donors (Lipinski definition) is 1. The summed E-state index contributed by atoms with van der Waals surface area (Å²) in [7, 11) is 0. The van der Waals surface area contributed by atoms with Crippen LogP contribution in [-0.4, -0.2) is 18.7 Å². The molecule has 0 aliphatic carbocycles. The first kappa shape index (κ1) is 18.5. The van der Waals surface area contributed by atoms with Crippen molar-refractivity contribution < 1.29 is 9.53 Å². The Hall–Kier alpha value is -2.88. The van der Waals surface area contributed by atoms with E-state index < -0.39 is 0 Å². The van der Waals surface area contributed by atoms with E-state index in [1.807, 2.05) is 38.1 Å². The molecule has 0 aliphatic rings. The summed E-state index contributed by atoms with van der Waals surface area (Å²) in [4.78, 5) is 11.9. The second-order valence-electron chi connectivity index (χ2n) is 5.99. The molecule has 0 bridgehead atoms. The first-order valence-electron chi connectivity index (χ1n) is 8.22. The van der Waals surface area contributed by atoms with E-state index in [0.29, 0.717) is 12.2 Å². The molecule has 4 nitrogen and oxygen atoms in total. The number of rotatable bonds is 7. The third kappa shape index (κ3) is 5.31. The first-order chi connectivity index (χ1) is 12.0. The molecule has 0 spiro atoms. The Morgan fingerprint density at radius 3 is 2.56 bits per heavy atom. The van der Waals surface area contributed by atoms with Crippen molar-refractivity contribution in [2.24, 2.45) is 5.10 Å². The molecule has 2 aromatic rings. The van der Waals surface area contributed by atoms with E-state index in [9.17, 15) is 4.79 Å². The molecule has 4 heteroatoms. The quantitative estimate of drug-likeness (QED) is 0.474. The topological polar surface area (TPSA) is 50.7 Å². The molecule has 0 fully saturated rings. The van der Waals surface area contributed by atoms with Crippen molar-refractivity contribution >= 4 is 12.1 Å². The molecule has 25 heavy (non-hydrogen) atoms. The summed E-state index contributed by atoms with van der Waals surface area (Å²) in [5.74, 6) is 0.388. The Balaban J connectivity index is 1.92. The van der Waals surface area contributed by atoms with Gasteiger partial charge in [-0.2, -0.15) is 5.10 Å². The number of aryl methyl sites for hydroxylation is 3. The van der Waals surface area contributed by atoms with Crippen LogP contribution in [-0.2, 0) is 11.2 Å². The number of hydrazone groups is 1. The average Bonchev–Trinajstić information content (AvgIpc) is 2.56. The van der Waals surface area contributed by atoms with Crippen molar-refractivity contribution in [3.05, 3.63) is 76.9 Å². The minimum Gasteiger partial charge on any atom is -0.483 e. The van der Waals surface area contributed by atoms with Crippen LogP contribution in [0.5, 0.6) is 5.75 Å². The number of ether oxygens (including phenoxy) is 1. The summed E-state index contributed by atoms with van der Waals surface area (Å²) in [5.41, 5.74) is 7.99. The number of carbonyl (C=O) groups is 1. The molecule has 2 aromatic carbocycles. The van der Waals surface area contributed by atoms with Crippen LogP contribution in [0.1, 0.15) is 27.8 Å². The molecule has 1 N–H and O–H groups in total. The third-order valence-corrected chi connectivity index (χ3v) is 3.82. The number of carbonyl (C=O) groups excluding carboxylic acids is 1. The lowest BCUT2D eigenvalue weighted by Crippen LogP contribution is -2.25. The van der Waals surface area contributed by atoms with Crippen LogP contribution in [0.2, 0.25) is 0 Å². The maximum absolute atomic E-state index is 11.9. The number of allylic oxidation sites excluding steroid dienone is 1. The van der Waals surface area contributed by atoms with E-state index in [-0.39, 0.29) is 12.5 Å². The fourth-order valence-corrected chi connectivity index (χ4v) is 2.71. The molecule has 0 saturated carbocycles. The standard InChI is InChI=1S/C21H24N2O2/c1-5-8-18-9-6-7-10-20(18)25-14-21(24)23-22-13-19-16(3)11-15(2)12-17(19)4/h5-7,9-13H,1,8,14H2,2-4H3,(H,23,24)/b22-13+. The Morgan fingerprint density at radius 2 is 1.88 bits per heavy atom. The molecular formula is C21H24N2O2. The summed E-state index contributed by atoms with van der Waals surface area (Å²) < 4.78 is 5.58. The lowest BCUT2D eigenvalue weighted by Gasteiger charge is -2.09. The van der Waals surface area contributed by atoms with Crippen molar-refractivity contribution in [1.82, 2.24) is 5.43 Å². The minimum absolute atomic E-state index is 0.0860. The smallest absolute Gasteiger partial charge is 0.277 e. The zero-order chi connectivity index (χ0) is 18.2. The van der Waals surface area contributed by atoms with Gasteiger partial charge in [-0.05, 0) is 49.9 Å². The van der Waals surface area contributed by atoms with Crippen molar-refractivity contribution in [3.63, 3.8) is 0 Å². The van der Waals surface area contributed by atoms with Gasteiger partial charge in [0.15, 0.2) is 6.61 Å². The third-order valence-electron chi connectivity index (χ3n) is 3.82. The van der Waals surface area contributed by atoms with Gasteiger partial charge in [-0.15, -0.1) is 6.58 Å². The Morgan fingerprint density at radius 1 is 1.20 bits per heavy atom. The van der Waals surface area contributed by atoms with Gasteiger partial charge < -0.3 is 4.74 Å². The largest absolute Gasteiger partial charge is 0.483 e. The number of hydrogen-bond acceptors (Lipinski definition) is 3. The van der Waals surface area contributed by atoms with E-state index in [0.717, 1.165) is 22.3 Å². The molecule has 0 heterocycles. The monoisotopic (exact) mass is 336 g/mol. The van der Waals surface area contributed by atoms with E-state index in [1.165, 1.54) is 5.56 Å². The number of benzene rings is 2. The van der Waals surface area contributed by atoms with E-state index in [4.69, 9.17) is 4.74 Å². The van der Waals surface area contributed by atoms with Gasteiger partial charge in [0.2, 0.25) is 0 Å². The number of nitrogens with zero attached hydrogens (tertiary/aromatic N) is 1. The van der Waals surface area contributed by atoms with Crippen LogP contribution in [0.4, 0.5) is 0 Å². The summed E-state index contributed by atoms with van der Waals surface area (Å²) in [5, 5.41) is 4.04. The molecule has 130 valence electrons. The van der Waals surface area contributed by atoms with Crippen molar-refractivity contribution in [2.75, 3.05) is 6.61 Å². The Labute approximate surface area is 149 Å². The van der Waals surface area contributed by atoms with Gasteiger partial charge in [-0.25, -0.2) is 5.43 Å². The van der Waals surface area contributed by atoms with Crippen LogP contribution in [0.3, 0.4) is 0 Å². The fraction of sp³-hybridized carbons (Fsp3) is 0.238. The van der Waals surface area contributed by atoms with Crippen LogP contribution in [0.15, 0.2) is 54.2 Å². The molecule has 2 rings (SSSR count). The van der Waals surface area contributed by atoms with Crippen LogP contribution >= 0.6 is 0 Å². The van der Waals surface area contributed by atoms with Crippen molar-refractivity contribution in [1.29, 1.82) is 0 Å². The Bertz CT molecular complexity index is 771. The van der Waals surface area contributed by atoms with Crippen LogP contribution in [0.25, 0.3) is 0 Å². The lowest BCUT2D eigenvalue weighted by atomic mass is 10.0. The molecule has 0 aromatic heterocycles. The van der Waals surface area contributed by atoms with Crippen LogP contribution in [0, 0.1) is 20.8 Å². The molecule has 0 aliphatic heterocycles. The number of nitrogens with one attached hydrogen (secondary N) is 1. The molecular weight excluding hydrogens is 312 g/mol. The van der Waals surface area contributed by atoms with E-state index in [2.05, 4.69) is 36.2 Å². The van der Waals surface area contributed by atoms with Gasteiger partial charge in [0, 0.05) is 5.56 Å². The highest BCUT2D eigenvalue weighted by atomic mass is 16.5. The van der Waals surface area contributed by atoms with E-state index in [1.54, 1.807) is 12.3 Å². The zero-order valence-electron chi connectivity index (χ0n) is 15.0. The molecule has 1 amide bonds. The predicted molar refractivity (Wildman–Crippen MR) is 102 cm³/mol. The molecule has 0 radical (unpaired) electrons. The van der Waals surface area contributed by atoms with Gasteiger partial charge in [-0.1, -0.05) is 42.0 Å². The summed E-state index contributed by atoms with van der Waals surface area (Å²) in [6, 6.07) is 11.8. The highest BCUT2D eigenvalue weighted by Gasteiger charge is 2.06. The van der Waals surface area contributed by atoms with Crippen LogP contribution < -0.4 is 10.2 Å². The highest BCUT2D eigenvalue weighted by Crippen LogP contribution is 2.18.